The Bertz CT molecular complexity index is 737. The van der Waals surface area contributed by atoms with Crippen LogP contribution >= 0.6 is 39.1 Å². The Morgan fingerprint density at radius 2 is 1.95 bits per heavy atom. The van der Waals surface area contributed by atoms with E-state index < -0.39 is 10.8 Å². The van der Waals surface area contributed by atoms with Crippen LogP contribution in [0.3, 0.4) is 0 Å². The van der Waals surface area contributed by atoms with Crippen molar-refractivity contribution in [1.29, 1.82) is 0 Å². The van der Waals surface area contributed by atoms with Crippen LogP contribution in [0.15, 0.2) is 40.9 Å². The van der Waals surface area contributed by atoms with Crippen molar-refractivity contribution in [1.82, 2.24) is 0 Å². The zero-order valence-corrected chi connectivity index (χ0v) is 13.4. The third kappa shape index (κ3) is 3.53. The van der Waals surface area contributed by atoms with E-state index in [-0.39, 0.29) is 16.3 Å². The summed E-state index contributed by atoms with van der Waals surface area (Å²) in [5.74, 6) is -0.533. The van der Waals surface area contributed by atoms with E-state index in [1.165, 1.54) is 18.2 Å². The maximum Gasteiger partial charge on any atom is 0.270 e. The second-order valence-electron chi connectivity index (χ2n) is 3.98. The fourth-order valence-electron chi connectivity index (χ4n) is 1.59. The van der Waals surface area contributed by atoms with Crippen LogP contribution in [0.4, 0.5) is 11.4 Å². The van der Waals surface area contributed by atoms with E-state index in [0.717, 1.165) is 0 Å². The van der Waals surface area contributed by atoms with Crippen LogP contribution in [0.1, 0.15) is 10.4 Å². The molecule has 2 aromatic carbocycles. The van der Waals surface area contributed by atoms with E-state index in [2.05, 4.69) is 21.2 Å². The van der Waals surface area contributed by atoms with Crippen molar-refractivity contribution in [3.05, 3.63) is 66.6 Å². The average Bonchev–Trinajstić information content (AvgIpc) is 2.44. The van der Waals surface area contributed by atoms with Gasteiger partial charge < -0.3 is 5.32 Å². The van der Waals surface area contributed by atoms with Crippen molar-refractivity contribution < 1.29 is 9.72 Å². The van der Waals surface area contributed by atoms with E-state index in [4.69, 9.17) is 23.2 Å². The van der Waals surface area contributed by atoms with Crippen LogP contribution in [0.2, 0.25) is 10.0 Å². The molecular formula is C13H7BrCl2N2O3. The maximum absolute atomic E-state index is 12.2. The van der Waals surface area contributed by atoms with Crippen molar-refractivity contribution in [2.45, 2.75) is 0 Å². The van der Waals surface area contributed by atoms with Crippen LogP contribution < -0.4 is 5.32 Å². The molecule has 0 aromatic heterocycles. The molecule has 2 aromatic rings. The topological polar surface area (TPSA) is 72.2 Å². The molecule has 0 atom stereocenters. The molecule has 0 saturated heterocycles. The molecule has 0 bridgehead atoms. The lowest BCUT2D eigenvalue weighted by molar-refractivity contribution is -0.384. The molecule has 0 heterocycles. The monoisotopic (exact) mass is 388 g/mol. The Labute approximate surface area is 138 Å². The number of carbonyl (C=O) groups is 1. The van der Waals surface area contributed by atoms with Gasteiger partial charge in [-0.1, -0.05) is 29.3 Å². The number of nitrogens with zero attached hydrogens (tertiary/aromatic N) is 1. The minimum atomic E-state index is -0.574. The van der Waals surface area contributed by atoms with Gasteiger partial charge in [-0.2, -0.15) is 0 Å². The van der Waals surface area contributed by atoms with Crippen molar-refractivity contribution in [2.24, 2.45) is 0 Å². The molecular weight excluding hydrogens is 383 g/mol. The van der Waals surface area contributed by atoms with E-state index in [9.17, 15) is 14.9 Å². The lowest BCUT2D eigenvalue weighted by Crippen LogP contribution is -2.13. The molecule has 0 aliphatic rings. The highest BCUT2D eigenvalue weighted by molar-refractivity contribution is 9.10. The number of nitro benzene ring substituents is 1. The van der Waals surface area contributed by atoms with Gasteiger partial charge in [0.2, 0.25) is 0 Å². The molecule has 1 N–H and O–H groups in total. The minimum Gasteiger partial charge on any atom is -0.321 e. The van der Waals surface area contributed by atoms with Gasteiger partial charge in [-0.05, 0) is 34.1 Å². The summed E-state index contributed by atoms with van der Waals surface area (Å²) in [6.07, 6.45) is 0. The number of nitro groups is 1. The smallest absolute Gasteiger partial charge is 0.270 e. The second kappa shape index (κ2) is 6.43. The second-order valence-corrected chi connectivity index (χ2v) is 5.62. The van der Waals surface area contributed by atoms with Crippen LogP contribution in [-0.4, -0.2) is 10.8 Å². The number of amides is 1. The van der Waals surface area contributed by atoms with Crippen LogP contribution in [0, 0.1) is 10.1 Å². The zero-order chi connectivity index (χ0) is 15.6. The number of benzene rings is 2. The molecule has 0 aliphatic heterocycles. The van der Waals surface area contributed by atoms with Gasteiger partial charge in [-0.15, -0.1) is 0 Å². The van der Waals surface area contributed by atoms with Crippen molar-refractivity contribution in [3.8, 4) is 0 Å². The van der Waals surface area contributed by atoms with Gasteiger partial charge in [0.1, 0.15) is 0 Å². The first-order valence-electron chi connectivity index (χ1n) is 5.59. The number of non-ortho nitro benzene ring substituents is 1. The summed E-state index contributed by atoms with van der Waals surface area (Å²) in [4.78, 5) is 22.4. The fraction of sp³-hybridized carbons (Fsp3) is 0. The maximum atomic E-state index is 12.2. The van der Waals surface area contributed by atoms with E-state index in [1.54, 1.807) is 18.2 Å². The third-order valence-corrected chi connectivity index (χ3v) is 4.12. The van der Waals surface area contributed by atoms with Gasteiger partial charge >= 0.3 is 0 Å². The Balaban J connectivity index is 2.34. The van der Waals surface area contributed by atoms with Gasteiger partial charge in [0.25, 0.3) is 11.6 Å². The number of carbonyl (C=O) groups excluding carboxylic acids is 1. The summed E-state index contributed by atoms with van der Waals surface area (Å²) in [7, 11) is 0. The highest BCUT2D eigenvalue weighted by Crippen LogP contribution is 2.30. The number of rotatable bonds is 3. The number of nitrogens with one attached hydrogen (secondary N) is 1. The van der Waals surface area contributed by atoms with Crippen molar-refractivity contribution in [3.63, 3.8) is 0 Å². The molecule has 0 spiro atoms. The summed E-state index contributed by atoms with van der Waals surface area (Å²) in [5.41, 5.74) is 0.272. The van der Waals surface area contributed by atoms with Gasteiger partial charge in [0.15, 0.2) is 0 Å². The number of hydrogen-bond acceptors (Lipinski definition) is 3. The van der Waals surface area contributed by atoms with Gasteiger partial charge in [-0.25, -0.2) is 0 Å². The Hall–Kier alpha value is -1.63. The molecule has 5 nitrogen and oxygen atoms in total. The normalized spacial score (nSPS) is 10.2. The average molecular weight is 390 g/mol. The van der Waals surface area contributed by atoms with Crippen molar-refractivity contribution >= 4 is 56.4 Å². The van der Waals surface area contributed by atoms with Gasteiger partial charge in [0.05, 0.1) is 26.2 Å². The third-order valence-electron chi connectivity index (χ3n) is 2.61. The number of anilines is 1. The van der Waals surface area contributed by atoms with Crippen LogP contribution in [-0.2, 0) is 0 Å². The first-order valence-corrected chi connectivity index (χ1v) is 7.14. The lowest BCUT2D eigenvalue weighted by atomic mass is 10.2. The summed E-state index contributed by atoms with van der Waals surface area (Å²) in [6.45, 7) is 0. The lowest BCUT2D eigenvalue weighted by Gasteiger charge is -2.09. The highest BCUT2D eigenvalue weighted by atomic mass is 79.9. The SMILES string of the molecule is O=C(Nc1cccc(Cl)c1Cl)c1cc([N+](=O)[O-])ccc1Br. The van der Waals surface area contributed by atoms with Gasteiger partial charge in [0, 0.05) is 16.6 Å². The molecule has 0 aliphatic carbocycles. The quantitative estimate of drug-likeness (QED) is 0.598. The van der Waals surface area contributed by atoms with E-state index in [1.807, 2.05) is 0 Å². The highest BCUT2D eigenvalue weighted by Gasteiger charge is 2.17. The first kappa shape index (κ1) is 15.8. The van der Waals surface area contributed by atoms with Crippen LogP contribution in [0.25, 0.3) is 0 Å². The summed E-state index contributed by atoms with van der Waals surface area (Å²) >= 11 is 15.0. The molecule has 0 unspecified atom stereocenters. The molecule has 0 fully saturated rings. The largest absolute Gasteiger partial charge is 0.321 e. The molecule has 108 valence electrons. The molecule has 2 rings (SSSR count). The Morgan fingerprint density at radius 1 is 1.24 bits per heavy atom. The van der Waals surface area contributed by atoms with Crippen LogP contribution in [0.5, 0.6) is 0 Å². The molecule has 0 saturated carbocycles. The zero-order valence-electron chi connectivity index (χ0n) is 10.3. The standard InChI is InChI=1S/C13H7BrCl2N2O3/c14-9-5-4-7(18(20)21)6-8(9)13(19)17-11-3-1-2-10(15)12(11)16/h1-6H,(H,17,19). The van der Waals surface area contributed by atoms with E-state index in [0.29, 0.717) is 15.2 Å². The molecule has 1 amide bonds. The molecule has 0 radical (unpaired) electrons. The molecule has 21 heavy (non-hydrogen) atoms. The predicted octanol–water partition coefficient (Wildman–Crippen LogP) is 4.92. The fourth-order valence-corrected chi connectivity index (χ4v) is 2.37. The molecule has 8 heteroatoms. The summed E-state index contributed by atoms with van der Waals surface area (Å²) in [6, 6.07) is 8.71. The summed E-state index contributed by atoms with van der Waals surface area (Å²) in [5, 5.41) is 13.8. The Morgan fingerprint density at radius 3 is 2.62 bits per heavy atom. The summed E-state index contributed by atoms with van der Waals surface area (Å²) < 4.78 is 0.434. The predicted molar refractivity (Wildman–Crippen MR) is 85.2 cm³/mol. The minimum absolute atomic E-state index is 0.125. The first-order chi connectivity index (χ1) is 9.90. The van der Waals surface area contributed by atoms with Crippen molar-refractivity contribution in [2.75, 3.05) is 5.32 Å². The van der Waals surface area contributed by atoms with E-state index >= 15 is 0 Å². The Kier molecular flexibility index (Phi) is 4.82. The van der Waals surface area contributed by atoms with Gasteiger partial charge in [-0.3, -0.25) is 14.9 Å². The number of hydrogen-bond donors (Lipinski definition) is 1. The number of halogens is 3.